The third-order valence-electron chi connectivity index (χ3n) is 2.18. The first kappa shape index (κ1) is 13.8. The molecule has 0 fully saturated rings. The Balaban J connectivity index is 2.49. The van der Waals surface area contributed by atoms with Crippen molar-refractivity contribution in [2.45, 2.75) is 12.8 Å². The van der Waals surface area contributed by atoms with Crippen LogP contribution >= 0.6 is 11.6 Å². The number of hydrogen-bond acceptors (Lipinski definition) is 3. The first-order valence-corrected chi connectivity index (χ1v) is 5.67. The van der Waals surface area contributed by atoms with Gasteiger partial charge in [-0.05, 0) is 31.0 Å². The highest BCUT2D eigenvalue weighted by Gasteiger charge is 2.09. The maximum Gasteiger partial charge on any atom is 0.337 e. The fraction of sp³-hybridized carbons (Fsp3) is 0.417. The van der Waals surface area contributed by atoms with E-state index in [1.165, 1.54) is 12.1 Å². The van der Waals surface area contributed by atoms with Crippen LogP contribution in [0.5, 0.6) is 5.75 Å². The molecule has 4 nitrogen and oxygen atoms in total. The van der Waals surface area contributed by atoms with Crippen LogP contribution in [0.2, 0.25) is 5.02 Å². The second kappa shape index (κ2) is 7.14. The second-order valence-electron chi connectivity index (χ2n) is 3.50. The van der Waals surface area contributed by atoms with Crippen LogP contribution in [0, 0.1) is 0 Å². The SMILES string of the molecule is COCCCCOc1ccc(Cl)c(C(=O)O)c1. The van der Waals surface area contributed by atoms with Crippen molar-refractivity contribution in [3.8, 4) is 5.75 Å². The molecule has 1 rings (SSSR count). The topological polar surface area (TPSA) is 55.8 Å². The summed E-state index contributed by atoms with van der Waals surface area (Å²) in [6, 6.07) is 4.61. The Labute approximate surface area is 105 Å². The summed E-state index contributed by atoms with van der Waals surface area (Å²) in [5, 5.41) is 9.09. The first-order chi connectivity index (χ1) is 8.15. The smallest absolute Gasteiger partial charge is 0.337 e. The largest absolute Gasteiger partial charge is 0.494 e. The van der Waals surface area contributed by atoms with E-state index in [1.54, 1.807) is 13.2 Å². The predicted molar refractivity (Wildman–Crippen MR) is 65.0 cm³/mol. The number of rotatable bonds is 7. The van der Waals surface area contributed by atoms with Gasteiger partial charge in [-0.25, -0.2) is 4.79 Å². The van der Waals surface area contributed by atoms with Crippen LogP contribution in [-0.2, 0) is 4.74 Å². The number of unbranched alkanes of at least 4 members (excludes halogenated alkanes) is 1. The maximum atomic E-state index is 10.8. The number of benzene rings is 1. The number of aromatic carboxylic acids is 1. The highest BCUT2D eigenvalue weighted by molar-refractivity contribution is 6.33. The summed E-state index contributed by atoms with van der Waals surface area (Å²) in [5.74, 6) is -0.538. The minimum Gasteiger partial charge on any atom is -0.494 e. The van der Waals surface area contributed by atoms with Crippen LogP contribution in [0.15, 0.2) is 18.2 Å². The number of carboxylic acid groups (broad SMARTS) is 1. The summed E-state index contributed by atoms with van der Waals surface area (Å²) in [6.45, 7) is 1.23. The zero-order chi connectivity index (χ0) is 12.7. The van der Waals surface area contributed by atoms with Crippen LogP contribution in [0.25, 0.3) is 0 Å². The van der Waals surface area contributed by atoms with Gasteiger partial charge in [0.15, 0.2) is 0 Å². The summed E-state index contributed by atoms with van der Waals surface area (Å²) in [5.41, 5.74) is 0.0565. The van der Waals surface area contributed by atoms with Gasteiger partial charge in [-0.2, -0.15) is 0 Å². The van der Waals surface area contributed by atoms with Gasteiger partial charge in [-0.15, -0.1) is 0 Å². The Bertz CT molecular complexity index is 379. The molecule has 94 valence electrons. The summed E-state index contributed by atoms with van der Waals surface area (Å²) in [4.78, 5) is 10.8. The zero-order valence-corrected chi connectivity index (χ0v) is 10.4. The molecule has 0 aliphatic heterocycles. The Kier molecular flexibility index (Phi) is 5.80. The van der Waals surface area contributed by atoms with Gasteiger partial charge in [0.1, 0.15) is 5.75 Å². The van der Waals surface area contributed by atoms with E-state index in [-0.39, 0.29) is 10.6 Å². The molecule has 0 spiro atoms. The lowest BCUT2D eigenvalue weighted by Crippen LogP contribution is -2.02. The third-order valence-corrected chi connectivity index (χ3v) is 2.51. The summed E-state index contributed by atoms with van der Waals surface area (Å²) >= 11 is 5.74. The minimum absolute atomic E-state index is 0.0565. The van der Waals surface area contributed by atoms with E-state index in [2.05, 4.69) is 0 Å². The van der Waals surface area contributed by atoms with Crippen LogP contribution in [-0.4, -0.2) is 31.4 Å². The second-order valence-corrected chi connectivity index (χ2v) is 3.90. The molecule has 0 radical (unpaired) electrons. The lowest BCUT2D eigenvalue weighted by molar-refractivity contribution is 0.0696. The Morgan fingerprint density at radius 2 is 2.06 bits per heavy atom. The number of carboxylic acids is 1. The molecule has 1 aromatic carbocycles. The molecule has 0 aromatic heterocycles. The van der Waals surface area contributed by atoms with Crippen LogP contribution in [0.3, 0.4) is 0 Å². The van der Waals surface area contributed by atoms with Gasteiger partial charge in [0.2, 0.25) is 0 Å². The van der Waals surface area contributed by atoms with Crippen LogP contribution < -0.4 is 4.74 Å². The monoisotopic (exact) mass is 258 g/mol. The lowest BCUT2D eigenvalue weighted by Gasteiger charge is -2.07. The Morgan fingerprint density at radius 3 is 2.71 bits per heavy atom. The fourth-order valence-corrected chi connectivity index (χ4v) is 1.49. The van der Waals surface area contributed by atoms with Crippen molar-refractivity contribution in [3.63, 3.8) is 0 Å². The first-order valence-electron chi connectivity index (χ1n) is 5.29. The molecule has 5 heteroatoms. The molecule has 0 aliphatic rings. The number of methoxy groups -OCH3 is 1. The molecule has 1 N–H and O–H groups in total. The average molecular weight is 259 g/mol. The molecule has 0 bridgehead atoms. The van der Waals surface area contributed by atoms with E-state index < -0.39 is 5.97 Å². The number of hydrogen-bond donors (Lipinski definition) is 1. The van der Waals surface area contributed by atoms with E-state index in [1.807, 2.05) is 0 Å². The fourth-order valence-electron chi connectivity index (χ4n) is 1.30. The Hall–Kier alpha value is -1.26. The van der Waals surface area contributed by atoms with Gasteiger partial charge < -0.3 is 14.6 Å². The average Bonchev–Trinajstić information content (AvgIpc) is 2.30. The molecule has 0 saturated carbocycles. The van der Waals surface area contributed by atoms with Crippen LogP contribution in [0.1, 0.15) is 23.2 Å². The van der Waals surface area contributed by atoms with Gasteiger partial charge in [-0.3, -0.25) is 0 Å². The molecule has 17 heavy (non-hydrogen) atoms. The molecular weight excluding hydrogens is 244 g/mol. The molecule has 0 saturated heterocycles. The van der Waals surface area contributed by atoms with Crippen molar-refractivity contribution in [2.24, 2.45) is 0 Å². The highest BCUT2D eigenvalue weighted by atomic mass is 35.5. The van der Waals surface area contributed by atoms with Crippen molar-refractivity contribution >= 4 is 17.6 Å². The van der Waals surface area contributed by atoms with Crippen molar-refractivity contribution in [3.05, 3.63) is 28.8 Å². The van der Waals surface area contributed by atoms with E-state index in [0.29, 0.717) is 19.0 Å². The highest BCUT2D eigenvalue weighted by Crippen LogP contribution is 2.22. The van der Waals surface area contributed by atoms with Gasteiger partial charge >= 0.3 is 5.97 Å². The van der Waals surface area contributed by atoms with Gasteiger partial charge in [0.05, 0.1) is 17.2 Å². The predicted octanol–water partition coefficient (Wildman–Crippen LogP) is 2.84. The van der Waals surface area contributed by atoms with Gasteiger partial charge in [0, 0.05) is 13.7 Å². The van der Waals surface area contributed by atoms with E-state index in [4.69, 9.17) is 26.2 Å². The quantitative estimate of drug-likeness (QED) is 0.764. The minimum atomic E-state index is -1.06. The van der Waals surface area contributed by atoms with Crippen molar-refractivity contribution in [2.75, 3.05) is 20.3 Å². The Morgan fingerprint density at radius 1 is 1.35 bits per heavy atom. The van der Waals surface area contributed by atoms with Gasteiger partial charge in [-0.1, -0.05) is 11.6 Å². The molecule has 0 heterocycles. The third kappa shape index (κ3) is 4.63. The van der Waals surface area contributed by atoms with Crippen molar-refractivity contribution in [1.82, 2.24) is 0 Å². The summed E-state index contributed by atoms with van der Waals surface area (Å²) in [6.07, 6.45) is 1.77. The summed E-state index contributed by atoms with van der Waals surface area (Å²) in [7, 11) is 1.65. The molecule has 0 atom stereocenters. The number of ether oxygens (including phenoxy) is 2. The van der Waals surface area contributed by atoms with Gasteiger partial charge in [0.25, 0.3) is 0 Å². The number of halogens is 1. The van der Waals surface area contributed by atoms with Crippen molar-refractivity contribution in [1.29, 1.82) is 0 Å². The van der Waals surface area contributed by atoms with E-state index in [0.717, 1.165) is 12.8 Å². The maximum absolute atomic E-state index is 10.8. The lowest BCUT2D eigenvalue weighted by atomic mass is 10.2. The zero-order valence-electron chi connectivity index (χ0n) is 9.61. The van der Waals surface area contributed by atoms with Crippen molar-refractivity contribution < 1.29 is 19.4 Å². The van der Waals surface area contributed by atoms with E-state index >= 15 is 0 Å². The molecule has 0 amide bonds. The molecule has 0 aliphatic carbocycles. The summed E-state index contributed by atoms with van der Waals surface area (Å²) < 4.78 is 10.3. The van der Waals surface area contributed by atoms with Crippen LogP contribution in [0.4, 0.5) is 0 Å². The van der Waals surface area contributed by atoms with E-state index in [9.17, 15) is 4.79 Å². The molecular formula is C12H15ClO4. The normalized spacial score (nSPS) is 10.2. The number of carbonyl (C=O) groups is 1. The standard InChI is InChI=1S/C12H15ClO4/c1-16-6-2-3-7-17-9-4-5-11(13)10(8-9)12(14)15/h4-5,8H,2-3,6-7H2,1H3,(H,14,15). The molecule has 1 aromatic rings. The molecule has 0 unspecified atom stereocenters.